The monoisotopic (exact) mass is 511 g/mol. The third-order valence-corrected chi connectivity index (χ3v) is 8.14. The van der Waals surface area contributed by atoms with E-state index in [1.165, 1.54) is 68.6 Å². The van der Waals surface area contributed by atoms with Gasteiger partial charge >= 0.3 is 0 Å². The second-order valence-corrected chi connectivity index (χ2v) is 10.8. The van der Waals surface area contributed by atoms with Crippen molar-refractivity contribution in [3.8, 4) is 22.3 Å². The van der Waals surface area contributed by atoms with Crippen molar-refractivity contribution < 1.29 is 9.18 Å². The number of nitrogens with one attached hydrogen (secondary N) is 1. The van der Waals surface area contributed by atoms with Crippen LogP contribution in [0.3, 0.4) is 0 Å². The first-order valence-electron chi connectivity index (χ1n) is 14.5. The molecule has 3 heteroatoms. The lowest BCUT2D eigenvalue weighted by atomic mass is 9.77. The Labute approximate surface area is 228 Å². The Morgan fingerprint density at radius 3 is 2.24 bits per heavy atom. The molecule has 0 aliphatic heterocycles. The zero-order chi connectivity index (χ0) is 26.7. The van der Waals surface area contributed by atoms with E-state index < -0.39 is 0 Å². The van der Waals surface area contributed by atoms with Gasteiger partial charge in [0.05, 0.1) is 0 Å². The number of rotatable bonds is 12. The molecule has 1 aliphatic carbocycles. The first kappa shape index (κ1) is 27.8. The van der Waals surface area contributed by atoms with Crippen LogP contribution in [0.4, 0.5) is 4.39 Å². The molecule has 2 nitrogen and oxygen atoms in total. The standard InChI is InChI=1S/C35H42FNO/c1-3-5-6-8-26-10-14-28(15-11-26)29-18-20-31(21-19-29)33-23-22-32(25-34(33)36)30-16-12-27(13-17-30)9-7-24-37-35(38)4-2/h4,12-13,16-23,25-26,28H,2-3,5-11,14-15,24H2,1H3,(H,37,38). The summed E-state index contributed by atoms with van der Waals surface area (Å²) in [6, 6.07) is 22.4. The summed E-state index contributed by atoms with van der Waals surface area (Å²) >= 11 is 0. The smallest absolute Gasteiger partial charge is 0.243 e. The number of benzene rings is 3. The molecule has 3 aromatic carbocycles. The minimum absolute atomic E-state index is 0.142. The van der Waals surface area contributed by atoms with Crippen LogP contribution in [0.1, 0.15) is 81.8 Å². The third-order valence-electron chi connectivity index (χ3n) is 8.14. The fraction of sp³-hybridized carbons (Fsp3) is 0.400. The van der Waals surface area contributed by atoms with Gasteiger partial charge in [-0.2, -0.15) is 0 Å². The number of carbonyl (C=O) groups is 1. The molecule has 1 amide bonds. The van der Waals surface area contributed by atoms with Crippen LogP contribution in [0.15, 0.2) is 79.4 Å². The summed E-state index contributed by atoms with van der Waals surface area (Å²) in [7, 11) is 0. The summed E-state index contributed by atoms with van der Waals surface area (Å²) in [4.78, 5) is 11.2. The lowest BCUT2D eigenvalue weighted by molar-refractivity contribution is -0.116. The fourth-order valence-corrected chi connectivity index (χ4v) is 5.77. The maximum absolute atomic E-state index is 15.2. The van der Waals surface area contributed by atoms with Crippen molar-refractivity contribution in [1.82, 2.24) is 5.32 Å². The molecule has 0 radical (unpaired) electrons. The molecule has 0 bridgehead atoms. The van der Waals surface area contributed by atoms with Crippen LogP contribution in [0, 0.1) is 11.7 Å². The normalized spacial score (nSPS) is 17.2. The minimum Gasteiger partial charge on any atom is -0.353 e. The molecule has 0 unspecified atom stereocenters. The second-order valence-electron chi connectivity index (χ2n) is 10.8. The Hall–Kier alpha value is -3.20. The highest BCUT2D eigenvalue weighted by Crippen LogP contribution is 2.38. The van der Waals surface area contributed by atoms with E-state index in [9.17, 15) is 4.79 Å². The molecule has 1 aliphatic rings. The highest BCUT2D eigenvalue weighted by atomic mass is 19.1. The molecule has 0 atom stereocenters. The lowest BCUT2D eigenvalue weighted by Gasteiger charge is -2.29. The van der Waals surface area contributed by atoms with E-state index in [-0.39, 0.29) is 11.7 Å². The van der Waals surface area contributed by atoms with Gasteiger partial charge in [0, 0.05) is 12.1 Å². The average molecular weight is 512 g/mol. The maximum atomic E-state index is 15.2. The minimum atomic E-state index is -0.190. The number of amides is 1. The number of hydrogen-bond donors (Lipinski definition) is 1. The maximum Gasteiger partial charge on any atom is 0.243 e. The van der Waals surface area contributed by atoms with Crippen LogP contribution in [0.5, 0.6) is 0 Å². The summed E-state index contributed by atoms with van der Waals surface area (Å²) in [6.45, 7) is 6.36. The molecule has 0 saturated heterocycles. The Bertz CT molecular complexity index is 1170. The fourth-order valence-electron chi connectivity index (χ4n) is 5.77. The van der Waals surface area contributed by atoms with E-state index in [0.29, 0.717) is 18.0 Å². The lowest BCUT2D eigenvalue weighted by Crippen LogP contribution is -2.22. The topological polar surface area (TPSA) is 29.1 Å². The Balaban J connectivity index is 1.32. The van der Waals surface area contributed by atoms with Gasteiger partial charge in [0.15, 0.2) is 0 Å². The molecule has 200 valence electrons. The van der Waals surface area contributed by atoms with Gasteiger partial charge in [-0.15, -0.1) is 0 Å². The quantitative estimate of drug-likeness (QED) is 0.190. The van der Waals surface area contributed by atoms with Gasteiger partial charge in [0.25, 0.3) is 0 Å². The van der Waals surface area contributed by atoms with Crippen molar-refractivity contribution in [2.75, 3.05) is 6.54 Å². The van der Waals surface area contributed by atoms with Crippen molar-refractivity contribution in [1.29, 1.82) is 0 Å². The zero-order valence-electron chi connectivity index (χ0n) is 22.9. The van der Waals surface area contributed by atoms with Gasteiger partial charge in [0.1, 0.15) is 5.82 Å². The van der Waals surface area contributed by atoms with Gasteiger partial charge in [-0.05, 0) is 90.3 Å². The number of unbranched alkanes of at least 4 members (excludes halogenated alkanes) is 2. The number of carbonyl (C=O) groups excluding carboxylic acids is 1. The third kappa shape index (κ3) is 7.66. The van der Waals surface area contributed by atoms with Gasteiger partial charge in [0.2, 0.25) is 5.91 Å². The van der Waals surface area contributed by atoms with Crippen LogP contribution in [-0.2, 0) is 11.2 Å². The van der Waals surface area contributed by atoms with Crippen molar-refractivity contribution >= 4 is 5.91 Å². The van der Waals surface area contributed by atoms with Crippen LogP contribution >= 0.6 is 0 Å². The molecule has 1 N–H and O–H groups in total. The Kier molecular flexibility index (Phi) is 10.3. The summed E-state index contributed by atoms with van der Waals surface area (Å²) in [5.41, 5.74) is 6.07. The van der Waals surface area contributed by atoms with Crippen molar-refractivity contribution in [3.05, 3.63) is 96.3 Å². The summed E-state index contributed by atoms with van der Waals surface area (Å²) in [5, 5.41) is 2.79. The van der Waals surface area contributed by atoms with E-state index in [1.807, 2.05) is 24.3 Å². The molecule has 1 fully saturated rings. The van der Waals surface area contributed by atoms with E-state index in [0.717, 1.165) is 35.4 Å². The highest BCUT2D eigenvalue weighted by Gasteiger charge is 2.22. The highest BCUT2D eigenvalue weighted by molar-refractivity contribution is 5.86. The second kappa shape index (κ2) is 14.1. The molecule has 38 heavy (non-hydrogen) atoms. The largest absolute Gasteiger partial charge is 0.353 e. The summed E-state index contributed by atoms with van der Waals surface area (Å²) < 4.78 is 15.2. The van der Waals surface area contributed by atoms with E-state index in [4.69, 9.17) is 0 Å². The first-order valence-corrected chi connectivity index (χ1v) is 14.5. The summed E-state index contributed by atoms with van der Waals surface area (Å²) in [6.07, 6.45) is 13.7. The molecule has 0 heterocycles. The van der Waals surface area contributed by atoms with Crippen molar-refractivity contribution in [2.45, 2.75) is 77.0 Å². The average Bonchev–Trinajstić information content (AvgIpc) is 2.96. The van der Waals surface area contributed by atoms with E-state index >= 15 is 4.39 Å². The van der Waals surface area contributed by atoms with Crippen molar-refractivity contribution in [2.24, 2.45) is 5.92 Å². The number of hydrogen-bond acceptors (Lipinski definition) is 1. The number of aryl methyl sites for hydroxylation is 1. The van der Waals surface area contributed by atoms with Gasteiger partial charge in [-0.25, -0.2) is 4.39 Å². The molecule has 0 aromatic heterocycles. The van der Waals surface area contributed by atoms with E-state index in [2.05, 4.69) is 55.2 Å². The molecule has 4 rings (SSSR count). The van der Waals surface area contributed by atoms with Gasteiger partial charge in [-0.3, -0.25) is 4.79 Å². The summed E-state index contributed by atoms with van der Waals surface area (Å²) in [5.74, 6) is 1.23. The van der Waals surface area contributed by atoms with Crippen LogP contribution in [-0.4, -0.2) is 12.5 Å². The Morgan fingerprint density at radius 2 is 1.58 bits per heavy atom. The molecule has 3 aromatic rings. The molecular formula is C35H42FNO. The Morgan fingerprint density at radius 1 is 0.895 bits per heavy atom. The predicted octanol–water partition coefficient (Wildman–Crippen LogP) is 9.25. The predicted molar refractivity (Wildman–Crippen MR) is 158 cm³/mol. The van der Waals surface area contributed by atoms with Crippen LogP contribution < -0.4 is 5.32 Å². The molecule has 1 saturated carbocycles. The van der Waals surface area contributed by atoms with E-state index in [1.54, 1.807) is 6.07 Å². The van der Waals surface area contributed by atoms with Gasteiger partial charge in [-0.1, -0.05) is 99.8 Å². The van der Waals surface area contributed by atoms with Crippen LogP contribution in [0.25, 0.3) is 22.3 Å². The van der Waals surface area contributed by atoms with Gasteiger partial charge < -0.3 is 5.32 Å². The van der Waals surface area contributed by atoms with Crippen LogP contribution in [0.2, 0.25) is 0 Å². The molecular weight excluding hydrogens is 469 g/mol. The van der Waals surface area contributed by atoms with Crippen molar-refractivity contribution in [3.63, 3.8) is 0 Å². The molecule has 0 spiro atoms. The first-order chi connectivity index (χ1) is 18.6. The SMILES string of the molecule is C=CC(=O)NCCCc1ccc(-c2ccc(-c3ccc(C4CCC(CCCCC)CC4)cc3)c(F)c2)cc1. The number of halogens is 1. The zero-order valence-corrected chi connectivity index (χ0v) is 22.9.